The second-order valence-electron chi connectivity index (χ2n) is 4.39. The molecule has 0 unspecified atom stereocenters. The van der Waals surface area contributed by atoms with E-state index in [9.17, 15) is 4.79 Å². The number of fused-ring (bicyclic) bond motifs is 1. The van der Waals surface area contributed by atoms with Crippen molar-refractivity contribution in [3.8, 4) is 0 Å². The molecule has 19 heavy (non-hydrogen) atoms. The van der Waals surface area contributed by atoms with Crippen molar-refractivity contribution in [2.24, 2.45) is 0 Å². The second-order valence-corrected chi connectivity index (χ2v) is 4.39. The van der Waals surface area contributed by atoms with Gasteiger partial charge in [0.15, 0.2) is 5.82 Å². The predicted octanol–water partition coefficient (Wildman–Crippen LogP) is 1.72. The molecule has 3 N–H and O–H groups in total. The smallest absolute Gasteiger partial charge is 0.323 e. The van der Waals surface area contributed by atoms with Crippen molar-refractivity contribution in [2.75, 3.05) is 5.32 Å². The molecule has 2 aromatic heterocycles. The largest absolute Gasteiger partial charge is 0.374 e. The maximum atomic E-state index is 11.2. The minimum atomic E-state index is -0.215. The van der Waals surface area contributed by atoms with E-state index in [-0.39, 0.29) is 11.7 Å². The van der Waals surface area contributed by atoms with Crippen LogP contribution < -0.4 is 11.0 Å². The summed E-state index contributed by atoms with van der Waals surface area (Å²) in [6, 6.07) is 5.46. The van der Waals surface area contributed by atoms with Crippen molar-refractivity contribution in [1.29, 1.82) is 0 Å². The van der Waals surface area contributed by atoms with Gasteiger partial charge in [-0.25, -0.2) is 4.79 Å². The van der Waals surface area contributed by atoms with Crippen molar-refractivity contribution < 1.29 is 4.52 Å². The number of hydrogen-bond donors (Lipinski definition) is 3. The number of aromatic nitrogens is 4. The van der Waals surface area contributed by atoms with E-state index in [4.69, 9.17) is 4.52 Å². The molecule has 3 rings (SSSR count). The molecular weight excluding hydrogens is 246 g/mol. The first-order valence-electron chi connectivity index (χ1n) is 5.90. The summed E-state index contributed by atoms with van der Waals surface area (Å²) >= 11 is 0. The lowest BCUT2D eigenvalue weighted by Crippen LogP contribution is -2.06. The lowest BCUT2D eigenvalue weighted by molar-refractivity contribution is 0.364. The zero-order valence-corrected chi connectivity index (χ0v) is 10.5. The molecule has 0 amide bonds. The van der Waals surface area contributed by atoms with Gasteiger partial charge in [-0.1, -0.05) is 5.16 Å². The number of hydrogen-bond acceptors (Lipinski definition) is 5. The Kier molecular flexibility index (Phi) is 2.59. The van der Waals surface area contributed by atoms with E-state index in [0.717, 1.165) is 16.7 Å². The van der Waals surface area contributed by atoms with E-state index in [1.165, 1.54) is 0 Å². The van der Waals surface area contributed by atoms with E-state index in [0.29, 0.717) is 11.7 Å². The molecular formula is C12H13N5O2. The number of anilines is 1. The van der Waals surface area contributed by atoms with Crippen LogP contribution in [0.3, 0.4) is 0 Å². The molecule has 0 aliphatic carbocycles. The number of imidazole rings is 1. The monoisotopic (exact) mass is 259 g/mol. The maximum Gasteiger partial charge on any atom is 0.323 e. The molecule has 3 aromatic rings. The number of aryl methyl sites for hydroxylation is 1. The van der Waals surface area contributed by atoms with Crippen LogP contribution in [0.15, 0.2) is 27.5 Å². The van der Waals surface area contributed by atoms with Crippen molar-refractivity contribution in [2.45, 2.75) is 19.9 Å². The quantitative estimate of drug-likeness (QED) is 0.665. The number of nitrogens with one attached hydrogen (secondary N) is 3. The molecule has 98 valence electrons. The second kappa shape index (κ2) is 4.27. The Labute approximate surface area is 108 Å². The van der Waals surface area contributed by atoms with E-state index < -0.39 is 0 Å². The van der Waals surface area contributed by atoms with Crippen molar-refractivity contribution in [1.82, 2.24) is 20.1 Å². The van der Waals surface area contributed by atoms with Gasteiger partial charge in [-0.05, 0) is 32.0 Å². The number of aromatic amines is 2. The fraction of sp³-hybridized carbons (Fsp3) is 0.250. The van der Waals surface area contributed by atoms with Crippen LogP contribution in [0.25, 0.3) is 11.0 Å². The van der Waals surface area contributed by atoms with Crippen molar-refractivity contribution in [3.63, 3.8) is 0 Å². The van der Waals surface area contributed by atoms with Crippen LogP contribution in [0, 0.1) is 6.92 Å². The number of nitrogens with zero attached hydrogens (tertiary/aromatic N) is 2. The Morgan fingerprint density at radius 3 is 2.84 bits per heavy atom. The first kappa shape index (κ1) is 11.5. The highest BCUT2D eigenvalue weighted by Gasteiger charge is 2.12. The zero-order valence-electron chi connectivity index (χ0n) is 10.5. The summed E-state index contributed by atoms with van der Waals surface area (Å²) in [5.41, 5.74) is 2.18. The Hall–Kier alpha value is -2.57. The zero-order chi connectivity index (χ0) is 13.4. The Bertz CT molecular complexity index is 770. The normalized spacial score (nSPS) is 12.7. The van der Waals surface area contributed by atoms with Gasteiger partial charge in [-0.3, -0.25) is 0 Å². The molecule has 0 spiro atoms. The van der Waals surface area contributed by atoms with Gasteiger partial charge in [0.1, 0.15) is 6.04 Å². The average molecular weight is 259 g/mol. The van der Waals surface area contributed by atoms with Gasteiger partial charge in [0.05, 0.1) is 11.0 Å². The first-order chi connectivity index (χ1) is 9.11. The number of rotatable bonds is 3. The fourth-order valence-electron chi connectivity index (χ4n) is 1.92. The van der Waals surface area contributed by atoms with Gasteiger partial charge in [0, 0.05) is 5.69 Å². The van der Waals surface area contributed by atoms with Crippen LogP contribution in [0.4, 0.5) is 5.69 Å². The lowest BCUT2D eigenvalue weighted by atomic mass is 10.2. The molecule has 0 bridgehead atoms. The molecule has 0 saturated heterocycles. The first-order valence-corrected chi connectivity index (χ1v) is 5.90. The molecule has 0 fully saturated rings. The standard InChI is InChI=1S/C12H13N5O2/c1-6(11-14-7(2)17-19-11)13-8-3-4-9-10(5-8)16-12(18)15-9/h3-6,13H,1-2H3,(H2,15,16,18)/t6-/m0/s1. The molecule has 0 radical (unpaired) electrons. The molecule has 7 heteroatoms. The third-order valence-corrected chi connectivity index (χ3v) is 2.81. The SMILES string of the molecule is Cc1noc([C@H](C)Nc2ccc3[nH]c(=O)[nH]c3c2)n1. The van der Waals surface area contributed by atoms with E-state index in [2.05, 4.69) is 25.4 Å². The Morgan fingerprint density at radius 2 is 2.11 bits per heavy atom. The van der Waals surface area contributed by atoms with Crippen LogP contribution in [-0.4, -0.2) is 20.1 Å². The average Bonchev–Trinajstić information content (AvgIpc) is 2.93. The maximum absolute atomic E-state index is 11.2. The lowest BCUT2D eigenvalue weighted by Gasteiger charge is -2.10. The summed E-state index contributed by atoms with van der Waals surface area (Å²) in [5.74, 6) is 1.13. The third-order valence-electron chi connectivity index (χ3n) is 2.81. The number of benzene rings is 1. The summed E-state index contributed by atoms with van der Waals surface area (Å²) in [6.07, 6.45) is 0. The molecule has 0 aliphatic heterocycles. The molecule has 1 atom stereocenters. The Morgan fingerprint density at radius 1 is 1.32 bits per heavy atom. The van der Waals surface area contributed by atoms with E-state index >= 15 is 0 Å². The van der Waals surface area contributed by atoms with Gasteiger partial charge >= 0.3 is 5.69 Å². The minimum Gasteiger partial charge on any atom is -0.374 e. The van der Waals surface area contributed by atoms with E-state index in [1.54, 1.807) is 6.92 Å². The molecule has 7 nitrogen and oxygen atoms in total. The molecule has 0 saturated carbocycles. The van der Waals surface area contributed by atoms with E-state index in [1.807, 2.05) is 25.1 Å². The highest BCUT2D eigenvalue weighted by atomic mass is 16.5. The third kappa shape index (κ3) is 2.22. The Balaban J connectivity index is 1.86. The van der Waals surface area contributed by atoms with Crippen LogP contribution in [-0.2, 0) is 0 Å². The summed E-state index contributed by atoms with van der Waals surface area (Å²) in [7, 11) is 0. The molecule has 0 aliphatic rings. The van der Waals surface area contributed by atoms with Gasteiger partial charge < -0.3 is 19.8 Å². The van der Waals surface area contributed by atoms with Crippen LogP contribution in [0.5, 0.6) is 0 Å². The van der Waals surface area contributed by atoms with Crippen LogP contribution in [0.1, 0.15) is 24.7 Å². The molecule has 1 aromatic carbocycles. The summed E-state index contributed by atoms with van der Waals surface area (Å²) < 4.78 is 5.10. The van der Waals surface area contributed by atoms with Crippen molar-refractivity contribution >= 4 is 16.7 Å². The number of H-pyrrole nitrogens is 2. The van der Waals surface area contributed by atoms with Gasteiger partial charge in [-0.2, -0.15) is 4.98 Å². The topological polar surface area (TPSA) is 99.6 Å². The van der Waals surface area contributed by atoms with Gasteiger partial charge in [-0.15, -0.1) is 0 Å². The predicted molar refractivity (Wildman–Crippen MR) is 70.0 cm³/mol. The highest BCUT2D eigenvalue weighted by Crippen LogP contribution is 2.20. The van der Waals surface area contributed by atoms with Gasteiger partial charge in [0.2, 0.25) is 5.89 Å². The minimum absolute atomic E-state index is 0.107. The summed E-state index contributed by atoms with van der Waals surface area (Å²) in [6.45, 7) is 3.70. The summed E-state index contributed by atoms with van der Waals surface area (Å²) in [4.78, 5) is 20.8. The fourth-order valence-corrected chi connectivity index (χ4v) is 1.92. The summed E-state index contributed by atoms with van der Waals surface area (Å²) in [5, 5.41) is 6.99. The van der Waals surface area contributed by atoms with Crippen LogP contribution >= 0.6 is 0 Å². The van der Waals surface area contributed by atoms with Crippen LogP contribution in [0.2, 0.25) is 0 Å². The highest BCUT2D eigenvalue weighted by molar-refractivity contribution is 5.78. The van der Waals surface area contributed by atoms with Crippen molar-refractivity contribution in [3.05, 3.63) is 40.4 Å². The molecule has 2 heterocycles. The van der Waals surface area contributed by atoms with Gasteiger partial charge in [0.25, 0.3) is 0 Å².